The van der Waals surface area contributed by atoms with Crippen molar-refractivity contribution in [2.24, 2.45) is 0 Å². The van der Waals surface area contributed by atoms with E-state index in [1.807, 2.05) is 41.0 Å². The van der Waals surface area contributed by atoms with Gasteiger partial charge < -0.3 is 18.4 Å². The number of furan rings is 1. The van der Waals surface area contributed by atoms with Gasteiger partial charge in [0.15, 0.2) is 34.3 Å². The van der Waals surface area contributed by atoms with Crippen LogP contribution in [0.4, 0.5) is 0 Å². The van der Waals surface area contributed by atoms with Crippen LogP contribution < -0.4 is 9.47 Å². The van der Waals surface area contributed by atoms with E-state index in [4.69, 9.17) is 18.4 Å². The van der Waals surface area contributed by atoms with Gasteiger partial charge in [0.1, 0.15) is 6.61 Å². The lowest BCUT2D eigenvalue weighted by molar-refractivity contribution is 0.0821. The minimum Gasteiger partial charge on any atom is -0.485 e. The predicted molar refractivity (Wildman–Crippen MR) is 109 cm³/mol. The van der Waals surface area contributed by atoms with Crippen molar-refractivity contribution < 1.29 is 18.4 Å². The molecule has 1 aromatic carbocycles. The summed E-state index contributed by atoms with van der Waals surface area (Å²) in [6.45, 7) is 4.78. The second-order valence-electron chi connectivity index (χ2n) is 6.55. The SMILES string of the molecule is C=CCn1c(SCc2cc(-c3ccco3)on2)nnc1C1COc2ccccc2O1. The van der Waals surface area contributed by atoms with Crippen LogP contribution in [0.15, 0.2) is 75.5 Å². The van der Waals surface area contributed by atoms with Crippen LogP contribution in [0.3, 0.4) is 0 Å². The molecule has 0 aliphatic carbocycles. The van der Waals surface area contributed by atoms with E-state index in [0.29, 0.717) is 42.0 Å². The summed E-state index contributed by atoms with van der Waals surface area (Å²) in [5.41, 5.74) is 0.785. The van der Waals surface area contributed by atoms with Crippen molar-refractivity contribution in [1.29, 1.82) is 0 Å². The smallest absolute Gasteiger partial charge is 0.202 e. The van der Waals surface area contributed by atoms with Crippen LogP contribution in [-0.2, 0) is 12.3 Å². The van der Waals surface area contributed by atoms with E-state index in [9.17, 15) is 0 Å². The molecular formula is C21H18N4O4S. The Morgan fingerprint density at radius 2 is 2.03 bits per heavy atom. The Kier molecular flexibility index (Phi) is 5.02. The standard InChI is InChI=1S/C21H18N4O4S/c1-2-9-25-20(19-12-27-15-6-3-4-7-17(15)28-19)22-23-21(25)30-13-14-11-18(29-24-14)16-8-5-10-26-16/h2-8,10-11,19H,1,9,12-13H2. The fourth-order valence-corrected chi connectivity index (χ4v) is 3.98. The molecule has 0 bridgehead atoms. The number of hydrogen-bond acceptors (Lipinski definition) is 8. The normalized spacial score (nSPS) is 15.3. The molecule has 4 heterocycles. The van der Waals surface area contributed by atoms with Gasteiger partial charge in [-0.2, -0.15) is 0 Å². The third-order valence-electron chi connectivity index (χ3n) is 4.53. The third kappa shape index (κ3) is 3.59. The Labute approximate surface area is 176 Å². The van der Waals surface area contributed by atoms with Gasteiger partial charge in [-0.3, -0.25) is 4.57 Å². The average Bonchev–Trinajstić information content (AvgIpc) is 3.53. The zero-order valence-electron chi connectivity index (χ0n) is 15.9. The molecule has 4 aromatic rings. The summed E-state index contributed by atoms with van der Waals surface area (Å²) in [6.07, 6.45) is 3.06. The molecular weight excluding hydrogens is 404 g/mol. The van der Waals surface area contributed by atoms with Gasteiger partial charge in [0, 0.05) is 18.4 Å². The summed E-state index contributed by atoms with van der Waals surface area (Å²) < 4.78 is 24.6. The van der Waals surface area contributed by atoms with E-state index < -0.39 is 0 Å². The minimum absolute atomic E-state index is 0.348. The molecule has 0 spiro atoms. The van der Waals surface area contributed by atoms with E-state index in [-0.39, 0.29) is 6.10 Å². The van der Waals surface area contributed by atoms with Crippen LogP contribution in [-0.4, -0.2) is 26.5 Å². The maximum Gasteiger partial charge on any atom is 0.202 e. The van der Waals surface area contributed by atoms with Crippen molar-refractivity contribution in [3.8, 4) is 23.0 Å². The number of para-hydroxylation sites is 2. The molecule has 0 amide bonds. The maximum absolute atomic E-state index is 6.10. The summed E-state index contributed by atoms with van der Waals surface area (Å²) >= 11 is 1.51. The Morgan fingerprint density at radius 3 is 2.87 bits per heavy atom. The Morgan fingerprint density at radius 1 is 1.13 bits per heavy atom. The molecule has 1 aliphatic heterocycles. The first-order valence-corrected chi connectivity index (χ1v) is 10.3. The monoisotopic (exact) mass is 422 g/mol. The summed E-state index contributed by atoms with van der Waals surface area (Å²) in [5.74, 6) is 3.94. The molecule has 0 N–H and O–H groups in total. The lowest BCUT2D eigenvalue weighted by atomic mass is 10.2. The number of aromatic nitrogens is 4. The number of benzene rings is 1. The highest BCUT2D eigenvalue weighted by Crippen LogP contribution is 2.36. The number of rotatable bonds is 7. The Balaban J connectivity index is 1.33. The highest BCUT2D eigenvalue weighted by Gasteiger charge is 2.28. The van der Waals surface area contributed by atoms with E-state index in [1.165, 1.54) is 11.8 Å². The molecule has 5 rings (SSSR count). The summed E-state index contributed by atoms with van der Waals surface area (Å²) in [4.78, 5) is 0. The molecule has 0 saturated carbocycles. The number of hydrogen-bond donors (Lipinski definition) is 0. The van der Waals surface area contributed by atoms with Crippen molar-refractivity contribution in [3.05, 3.63) is 72.9 Å². The molecule has 9 heteroatoms. The molecule has 0 saturated heterocycles. The highest BCUT2D eigenvalue weighted by molar-refractivity contribution is 7.98. The van der Waals surface area contributed by atoms with Gasteiger partial charge in [0.05, 0.1) is 12.0 Å². The molecule has 1 unspecified atom stereocenters. The highest BCUT2D eigenvalue weighted by atomic mass is 32.2. The van der Waals surface area contributed by atoms with E-state index >= 15 is 0 Å². The lowest BCUT2D eigenvalue weighted by Gasteiger charge is -2.26. The van der Waals surface area contributed by atoms with Gasteiger partial charge in [0.2, 0.25) is 5.76 Å². The first-order valence-electron chi connectivity index (χ1n) is 9.36. The van der Waals surface area contributed by atoms with Gasteiger partial charge in [-0.25, -0.2) is 0 Å². The number of thioether (sulfide) groups is 1. The van der Waals surface area contributed by atoms with Gasteiger partial charge in [-0.05, 0) is 24.3 Å². The van der Waals surface area contributed by atoms with E-state index in [1.54, 1.807) is 18.4 Å². The van der Waals surface area contributed by atoms with Crippen LogP contribution in [0.1, 0.15) is 17.6 Å². The summed E-state index contributed by atoms with van der Waals surface area (Å²) in [5, 5.41) is 13.6. The van der Waals surface area contributed by atoms with Crippen molar-refractivity contribution in [2.45, 2.75) is 23.6 Å². The fraction of sp³-hybridized carbons (Fsp3) is 0.190. The second-order valence-corrected chi connectivity index (χ2v) is 7.50. The third-order valence-corrected chi connectivity index (χ3v) is 5.53. The van der Waals surface area contributed by atoms with Crippen molar-refractivity contribution >= 4 is 11.8 Å². The summed E-state index contributed by atoms with van der Waals surface area (Å²) in [7, 11) is 0. The van der Waals surface area contributed by atoms with Gasteiger partial charge in [-0.15, -0.1) is 16.8 Å². The molecule has 3 aromatic heterocycles. The minimum atomic E-state index is -0.348. The lowest BCUT2D eigenvalue weighted by Crippen LogP contribution is -2.25. The van der Waals surface area contributed by atoms with Crippen molar-refractivity contribution in [2.75, 3.05) is 6.61 Å². The zero-order valence-corrected chi connectivity index (χ0v) is 16.7. The largest absolute Gasteiger partial charge is 0.485 e. The second kappa shape index (κ2) is 8.11. The number of fused-ring (bicyclic) bond motifs is 1. The quantitative estimate of drug-likeness (QED) is 0.317. The van der Waals surface area contributed by atoms with Crippen molar-refractivity contribution in [3.63, 3.8) is 0 Å². The Bertz CT molecular complexity index is 1150. The zero-order chi connectivity index (χ0) is 20.3. The first kappa shape index (κ1) is 18.6. The molecule has 152 valence electrons. The first-order chi connectivity index (χ1) is 14.8. The molecule has 0 fully saturated rings. The summed E-state index contributed by atoms with van der Waals surface area (Å²) in [6, 6.07) is 13.1. The number of nitrogens with zero attached hydrogens (tertiary/aromatic N) is 4. The maximum atomic E-state index is 6.10. The van der Waals surface area contributed by atoms with E-state index in [0.717, 1.165) is 16.6 Å². The predicted octanol–water partition coefficient (Wildman–Crippen LogP) is 4.52. The number of allylic oxidation sites excluding steroid dienone is 1. The van der Waals surface area contributed by atoms with Gasteiger partial charge >= 0.3 is 0 Å². The molecule has 1 atom stereocenters. The molecule has 0 radical (unpaired) electrons. The van der Waals surface area contributed by atoms with Crippen LogP contribution >= 0.6 is 11.8 Å². The van der Waals surface area contributed by atoms with E-state index in [2.05, 4.69) is 21.9 Å². The van der Waals surface area contributed by atoms with Gasteiger partial charge in [-0.1, -0.05) is 35.1 Å². The van der Waals surface area contributed by atoms with Crippen LogP contribution in [0.2, 0.25) is 0 Å². The van der Waals surface area contributed by atoms with Crippen molar-refractivity contribution in [1.82, 2.24) is 19.9 Å². The molecule has 1 aliphatic rings. The Hall–Kier alpha value is -3.46. The topological polar surface area (TPSA) is 88.3 Å². The van der Waals surface area contributed by atoms with Crippen LogP contribution in [0.25, 0.3) is 11.5 Å². The molecule has 8 nitrogen and oxygen atoms in total. The average molecular weight is 422 g/mol. The van der Waals surface area contributed by atoms with Crippen LogP contribution in [0.5, 0.6) is 11.5 Å². The van der Waals surface area contributed by atoms with Crippen LogP contribution in [0, 0.1) is 0 Å². The number of ether oxygens (including phenoxy) is 2. The molecule has 30 heavy (non-hydrogen) atoms. The fourth-order valence-electron chi connectivity index (χ4n) is 3.15. The van der Waals surface area contributed by atoms with Gasteiger partial charge in [0.25, 0.3) is 0 Å².